The molecular formula is C12H9Cl2FN2O2S. The van der Waals surface area contributed by atoms with Gasteiger partial charge in [-0.05, 0) is 36.4 Å². The van der Waals surface area contributed by atoms with Crippen LogP contribution in [0.1, 0.15) is 0 Å². The Labute approximate surface area is 125 Å². The fraction of sp³-hybridized carbons (Fsp3) is 0. The summed E-state index contributed by atoms with van der Waals surface area (Å²) in [6.07, 6.45) is 0. The average molecular weight is 335 g/mol. The SMILES string of the molecule is Nc1ccc(Cl)c(NS(=O)(=O)c2ccc(F)c(Cl)c2)c1. The number of nitrogens with two attached hydrogens (primary N) is 1. The van der Waals surface area contributed by atoms with Crippen LogP contribution in [0.3, 0.4) is 0 Å². The number of nitrogen functional groups attached to an aromatic ring is 1. The van der Waals surface area contributed by atoms with Gasteiger partial charge < -0.3 is 5.73 Å². The Morgan fingerprint density at radius 1 is 1.05 bits per heavy atom. The first-order chi connectivity index (χ1) is 9.29. The van der Waals surface area contributed by atoms with E-state index in [1.807, 2.05) is 0 Å². The van der Waals surface area contributed by atoms with Crippen LogP contribution < -0.4 is 10.5 Å². The van der Waals surface area contributed by atoms with E-state index in [2.05, 4.69) is 4.72 Å². The maximum Gasteiger partial charge on any atom is 0.261 e. The fourth-order valence-corrected chi connectivity index (χ4v) is 3.03. The van der Waals surface area contributed by atoms with E-state index < -0.39 is 15.8 Å². The van der Waals surface area contributed by atoms with Crippen LogP contribution in [0, 0.1) is 5.82 Å². The molecule has 0 aliphatic rings. The Bertz CT molecular complexity index is 766. The van der Waals surface area contributed by atoms with Crippen LogP contribution in [-0.4, -0.2) is 8.42 Å². The standard InChI is InChI=1S/C12H9Cl2FN2O2S/c13-9-3-1-7(16)5-12(9)17-20(18,19)8-2-4-11(15)10(14)6-8/h1-6,17H,16H2. The number of sulfonamides is 1. The first-order valence-corrected chi connectivity index (χ1v) is 7.56. The second-order valence-electron chi connectivity index (χ2n) is 3.92. The van der Waals surface area contributed by atoms with Crippen LogP contribution in [0.5, 0.6) is 0 Å². The summed E-state index contributed by atoms with van der Waals surface area (Å²) >= 11 is 11.4. The van der Waals surface area contributed by atoms with E-state index in [1.54, 1.807) is 0 Å². The van der Waals surface area contributed by atoms with Crippen LogP contribution in [0.4, 0.5) is 15.8 Å². The second kappa shape index (κ2) is 5.47. The van der Waals surface area contributed by atoms with Gasteiger partial charge in [0.2, 0.25) is 0 Å². The van der Waals surface area contributed by atoms with Crippen molar-refractivity contribution in [3.8, 4) is 0 Å². The summed E-state index contributed by atoms with van der Waals surface area (Å²) in [4.78, 5) is -0.178. The van der Waals surface area contributed by atoms with Crippen molar-refractivity contribution in [3.05, 3.63) is 52.3 Å². The van der Waals surface area contributed by atoms with Crippen molar-refractivity contribution in [1.29, 1.82) is 0 Å². The molecule has 2 rings (SSSR count). The highest BCUT2D eigenvalue weighted by atomic mass is 35.5. The second-order valence-corrected chi connectivity index (χ2v) is 6.42. The molecule has 20 heavy (non-hydrogen) atoms. The minimum Gasteiger partial charge on any atom is -0.399 e. The van der Waals surface area contributed by atoms with Gasteiger partial charge in [-0.2, -0.15) is 0 Å². The number of benzene rings is 2. The van der Waals surface area contributed by atoms with Crippen LogP contribution in [0.15, 0.2) is 41.3 Å². The molecule has 0 radical (unpaired) electrons. The Morgan fingerprint density at radius 2 is 1.75 bits per heavy atom. The molecule has 8 heteroatoms. The van der Waals surface area contributed by atoms with Crippen molar-refractivity contribution >= 4 is 44.6 Å². The van der Waals surface area contributed by atoms with Crippen molar-refractivity contribution in [2.45, 2.75) is 4.90 Å². The summed E-state index contributed by atoms with van der Waals surface area (Å²) in [6, 6.07) is 7.47. The molecule has 0 bridgehead atoms. The van der Waals surface area contributed by atoms with Crippen LogP contribution in [-0.2, 0) is 10.0 Å². The molecule has 0 saturated carbocycles. The minimum atomic E-state index is -3.93. The summed E-state index contributed by atoms with van der Waals surface area (Å²) < 4.78 is 39.6. The van der Waals surface area contributed by atoms with Gasteiger partial charge in [0.15, 0.2) is 0 Å². The first kappa shape index (κ1) is 14.9. The van der Waals surface area contributed by atoms with Gasteiger partial charge in [-0.1, -0.05) is 23.2 Å². The topological polar surface area (TPSA) is 72.2 Å². The molecule has 2 aromatic rings. The third kappa shape index (κ3) is 3.15. The fourth-order valence-electron chi connectivity index (χ4n) is 1.47. The molecular weight excluding hydrogens is 326 g/mol. The number of hydrogen-bond acceptors (Lipinski definition) is 3. The van der Waals surface area contributed by atoms with Crippen LogP contribution in [0.2, 0.25) is 10.0 Å². The van der Waals surface area contributed by atoms with Gasteiger partial charge in [0.1, 0.15) is 5.82 Å². The van der Waals surface area contributed by atoms with Gasteiger partial charge >= 0.3 is 0 Å². The number of rotatable bonds is 3. The summed E-state index contributed by atoms with van der Waals surface area (Å²) in [5.74, 6) is -0.701. The molecule has 0 heterocycles. The van der Waals surface area contributed by atoms with Crippen molar-refractivity contribution in [1.82, 2.24) is 0 Å². The average Bonchev–Trinajstić information content (AvgIpc) is 2.36. The summed E-state index contributed by atoms with van der Waals surface area (Å²) in [5, 5.41) is -0.0949. The van der Waals surface area contributed by atoms with Gasteiger partial charge in [-0.3, -0.25) is 4.72 Å². The third-order valence-electron chi connectivity index (χ3n) is 2.44. The lowest BCUT2D eigenvalue weighted by Gasteiger charge is -2.10. The molecule has 0 amide bonds. The molecule has 0 saturated heterocycles. The van der Waals surface area contributed by atoms with Crippen molar-refractivity contribution in [2.75, 3.05) is 10.5 Å². The Morgan fingerprint density at radius 3 is 2.40 bits per heavy atom. The highest BCUT2D eigenvalue weighted by Crippen LogP contribution is 2.27. The number of halogens is 3. The van der Waals surface area contributed by atoms with E-state index in [9.17, 15) is 12.8 Å². The number of nitrogens with one attached hydrogen (secondary N) is 1. The molecule has 0 aliphatic carbocycles. The van der Waals surface area contributed by atoms with Gasteiger partial charge in [-0.25, -0.2) is 12.8 Å². The molecule has 0 fully saturated rings. The van der Waals surface area contributed by atoms with Crippen molar-refractivity contribution < 1.29 is 12.8 Å². The predicted molar refractivity (Wildman–Crippen MR) is 78.1 cm³/mol. The van der Waals surface area contributed by atoms with E-state index in [4.69, 9.17) is 28.9 Å². The summed E-state index contributed by atoms with van der Waals surface area (Å²) in [7, 11) is -3.93. The van der Waals surface area contributed by atoms with E-state index in [-0.39, 0.29) is 20.6 Å². The van der Waals surface area contributed by atoms with E-state index in [1.165, 1.54) is 18.2 Å². The van der Waals surface area contributed by atoms with E-state index in [0.717, 1.165) is 18.2 Å². The zero-order valence-electron chi connectivity index (χ0n) is 9.90. The zero-order chi connectivity index (χ0) is 14.9. The van der Waals surface area contributed by atoms with E-state index in [0.29, 0.717) is 5.69 Å². The maximum absolute atomic E-state index is 13.0. The summed E-state index contributed by atoms with van der Waals surface area (Å²) in [6.45, 7) is 0. The van der Waals surface area contributed by atoms with Crippen LogP contribution in [0.25, 0.3) is 0 Å². The molecule has 3 N–H and O–H groups in total. The first-order valence-electron chi connectivity index (χ1n) is 5.32. The number of hydrogen-bond donors (Lipinski definition) is 2. The minimum absolute atomic E-state index is 0.132. The maximum atomic E-state index is 13.0. The van der Waals surface area contributed by atoms with Gasteiger partial charge in [0.05, 0.1) is 20.6 Å². The normalized spacial score (nSPS) is 11.3. The van der Waals surface area contributed by atoms with Gasteiger partial charge in [0, 0.05) is 5.69 Å². The molecule has 0 atom stereocenters. The molecule has 106 valence electrons. The lowest BCUT2D eigenvalue weighted by Crippen LogP contribution is -2.13. The summed E-state index contributed by atoms with van der Waals surface area (Å²) in [5.41, 5.74) is 6.05. The quantitative estimate of drug-likeness (QED) is 0.843. The molecule has 0 spiro atoms. The monoisotopic (exact) mass is 334 g/mol. The highest BCUT2D eigenvalue weighted by molar-refractivity contribution is 7.92. The largest absolute Gasteiger partial charge is 0.399 e. The smallest absolute Gasteiger partial charge is 0.261 e. The predicted octanol–water partition coefficient (Wildman–Crippen LogP) is 3.52. The molecule has 4 nitrogen and oxygen atoms in total. The molecule has 0 unspecified atom stereocenters. The van der Waals surface area contributed by atoms with Crippen LogP contribution >= 0.6 is 23.2 Å². The molecule has 0 aliphatic heterocycles. The lowest BCUT2D eigenvalue weighted by molar-refractivity contribution is 0.599. The third-order valence-corrected chi connectivity index (χ3v) is 4.42. The van der Waals surface area contributed by atoms with E-state index >= 15 is 0 Å². The molecule has 2 aromatic carbocycles. The van der Waals surface area contributed by atoms with Gasteiger partial charge in [0.25, 0.3) is 10.0 Å². The van der Waals surface area contributed by atoms with Crippen molar-refractivity contribution in [3.63, 3.8) is 0 Å². The lowest BCUT2D eigenvalue weighted by atomic mass is 10.3. The Kier molecular flexibility index (Phi) is 4.08. The molecule has 0 aromatic heterocycles. The number of anilines is 2. The highest BCUT2D eigenvalue weighted by Gasteiger charge is 2.17. The zero-order valence-corrected chi connectivity index (χ0v) is 12.2. The Hall–Kier alpha value is -1.50. The Balaban J connectivity index is 2.40. The van der Waals surface area contributed by atoms with Gasteiger partial charge in [-0.15, -0.1) is 0 Å². The van der Waals surface area contributed by atoms with Crippen molar-refractivity contribution in [2.24, 2.45) is 0 Å².